The van der Waals surface area contributed by atoms with Crippen molar-refractivity contribution in [1.82, 2.24) is 14.8 Å². The predicted molar refractivity (Wildman–Crippen MR) is 120 cm³/mol. The van der Waals surface area contributed by atoms with Gasteiger partial charge in [0.2, 0.25) is 5.91 Å². The molecule has 1 atom stereocenters. The largest absolute Gasteiger partial charge is 0.325 e. The fraction of sp³-hybridized carbons (Fsp3) is 0.375. The van der Waals surface area contributed by atoms with Crippen LogP contribution in [0.5, 0.6) is 0 Å². The molecule has 2 fully saturated rings. The number of carbonyl (C=O) groups excluding carboxylic acids is 1. The molecule has 2 aliphatic carbocycles. The molecule has 0 spiro atoms. The normalized spacial score (nSPS) is 17.0. The van der Waals surface area contributed by atoms with Gasteiger partial charge in [-0.15, -0.1) is 10.2 Å². The molecule has 0 bridgehead atoms. The minimum Gasteiger partial charge on any atom is -0.325 e. The first kappa shape index (κ1) is 19.4. The smallest absolute Gasteiger partial charge is 0.242 e. The van der Waals surface area contributed by atoms with Crippen LogP contribution in [0.3, 0.4) is 0 Å². The van der Waals surface area contributed by atoms with Crippen molar-refractivity contribution in [3.05, 3.63) is 71.0 Å². The zero-order valence-corrected chi connectivity index (χ0v) is 18.2. The van der Waals surface area contributed by atoms with Crippen molar-refractivity contribution in [1.29, 1.82) is 0 Å². The Bertz CT molecular complexity index is 1050. The average Bonchev–Trinajstić information content (AvgIpc) is 3.64. The summed E-state index contributed by atoms with van der Waals surface area (Å²) < 4.78 is 2.31. The number of hydrogen-bond donors (Lipinski definition) is 1. The third-order valence-electron chi connectivity index (χ3n) is 5.60. The maximum absolute atomic E-state index is 13.4. The first-order valence-corrected chi connectivity index (χ1v) is 11.5. The second-order valence-electron chi connectivity index (χ2n) is 8.49. The first-order valence-electron chi connectivity index (χ1n) is 10.6. The van der Waals surface area contributed by atoms with Gasteiger partial charge in [-0.25, -0.2) is 0 Å². The predicted octanol–water partition coefficient (Wildman–Crippen LogP) is 5.58. The summed E-state index contributed by atoms with van der Waals surface area (Å²) in [4.78, 5) is 13.4. The Morgan fingerprint density at radius 2 is 1.73 bits per heavy atom. The Labute approximate surface area is 181 Å². The summed E-state index contributed by atoms with van der Waals surface area (Å²) in [6.45, 7) is 4.09. The molecule has 2 saturated carbocycles. The van der Waals surface area contributed by atoms with Crippen LogP contribution in [-0.4, -0.2) is 20.7 Å². The third-order valence-corrected chi connectivity index (χ3v) is 6.81. The molecule has 6 heteroatoms. The average molecular weight is 419 g/mol. The van der Waals surface area contributed by atoms with Gasteiger partial charge in [0.1, 0.15) is 11.1 Å². The molecular formula is C24H26N4OS. The van der Waals surface area contributed by atoms with Crippen LogP contribution in [0, 0.1) is 13.8 Å². The third kappa shape index (κ3) is 4.15. The number of anilines is 1. The van der Waals surface area contributed by atoms with E-state index in [9.17, 15) is 4.79 Å². The summed E-state index contributed by atoms with van der Waals surface area (Å²) in [6.07, 6.45) is 4.75. The molecule has 1 aromatic heterocycles. The monoisotopic (exact) mass is 418 g/mol. The lowest BCUT2D eigenvalue weighted by Gasteiger charge is -2.18. The maximum Gasteiger partial charge on any atom is 0.242 e. The molecule has 0 aliphatic heterocycles. The van der Waals surface area contributed by atoms with E-state index >= 15 is 0 Å². The Morgan fingerprint density at radius 1 is 1.03 bits per heavy atom. The van der Waals surface area contributed by atoms with Gasteiger partial charge < -0.3 is 9.88 Å². The summed E-state index contributed by atoms with van der Waals surface area (Å²) in [5.41, 5.74) is 4.08. The molecule has 2 aromatic carbocycles. The minimum absolute atomic E-state index is 0.0329. The highest BCUT2D eigenvalue weighted by Gasteiger charge is 2.37. The van der Waals surface area contributed by atoms with Crippen molar-refractivity contribution in [2.45, 2.75) is 61.9 Å². The van der Waals surface area contributed by atoms with Gasteiger partial charge in [-0.2, -0.15) is 0 Å². The number of carbonyl (C=O) groups is 1. The maximum atomic E-state index is 13.4. The Hall–Kier alpha value is -2.60. The molecule has 5 rings (SSSR count). The zero-order valence-electron chi connectivity index (χ0n) is 17.3. The van der Waals surface area contributed by atoms with Crippen molar-refractivity contribution in [2.24, 2.45) is 0 Å². The zero-order chi connectivity index (χ0) is 20.7. The highest BCUT2D eigenvalue weighted by atomic mass is 32.2. The van der Waals surface area contributed by atoms with Crippen LogP contribution in [-0.2, 0) is 4.79 Å². The molecule has 1 N–H and O–H groups in total. The number of amides is 1. The number of hydrogen-bond acceptors (Lipinski definition) is 4. The lowest BCUT2D eigenvalue weighted by atomic mass is 10.1. The lowest BCUT2D eigenvalue weighted by molar-refractivity contribution is -0.115. The fourth-order valence-corrected chi connectivity index (χ4v) is 5.04. The van der Waals surface area contributed by atoms with E-state index in [0.717, 1.165) is 33.4 Å². The van der Waals surface area contributed by atoms with Crippen LogP contribution in [0.15, 0.2) is 53.7 Å². The van der Waals surface area contributed by atoms with Gasteiger partial charge in [-0.3, -0.25) is 4.79 Å². The van der Waals surface area contributed by atoms with Crippen LogP contribution >= 0.6 is 11.8 Å². The van der Waals surface area contributed by atoms with E-state index in [1.54, 1.807) is 0 Å². The molecule has 0 unspecified atom stereocenters. The number of nitrogens with one attached hydrogen (secondary N) is 1. The Kier molecular flexibility index (Phi) is 5.11. The van der Waals surface area contributed by atoms with Gasteiger partial charge in [-0.05, 0) is 68.4 Å². The van der Waals surface area contributed by atoms with E-state index in [1.807, 2.05) is 56.3 Å². The molecular weight excluding hydrogens is 392 g/mol. The van der Waals surface area contributed by atoms with Crippen LogP contribution < -0.4 is 5.32 Å². The van der Waals surface area contributed by atoms with Crippen LogP contribution in [0.2, 0.25) is 0 Å². The molecule has 3 aromatic rings. The highest BCUT2D eigenvalue weighted by Crippen LogP contribution is 2.47. The van der Waals surface area contributed by atoms with E-state index < -0.39 is 0 Å². The highest BCUT2D eigenvalue weighted by molar-refractivity contribution is 8.00. The van der Waals surface area contributed by atoms with Crippen molar-refractivity contribution < 1.29 is 4.79 Å². The number of nitrogens with zero attached hydrogens (tertiary/aromatic N) is 3. The van der Waals surface area contributed by atoms with Gasteiger partial charge >= 0.3 is 0 Å². The minimum atomic E-state index is -0.388. The summed E-state index contributed by atoms with van der Waals surface area (Å²) in [5.74, 6) is 1.63. The lowest BCUT2D eigenvalue weighted by Crippen LogP contribution is -2.20. The summed E-state index contributed by atoms with van der Waals surface area (Å²) in [5, 5.41) is 12.6. The van der Waals surface area contributed by atoms with Crippen LogP contribution in [0.1, 0.15) is 65.4 Å². The van der Waals surface area contributed by atoms with Gasteiger partial charge in [0, 0.05) is 17.6 Å². The van der Waals surface area contributed by atoms with Gasteiger partial charge in [-0.1, -0.05) is 48.2 Å². The molecule has 0 radical (unpaired) electrons. The molecule has 0 saturated heterocycles. The fourth-order valence-electron chi connectivity index (χ4n) is 3.93. The molecule has 1 amide bonds. The summed E-state index contributed by atoms with van der Waals surface area (Å²) in [7, 11) is 0. The van der Waals surface area contributed by atoms with Gasteiger partial charge in [0.25, 0.3) is 0 Å². The molecule has 1 heterocycles. The topological polar surface area (TPSA) is 59.8 Å². The molecule has 30 heavy (non-hydrogen) atoms. The first-order chi connectivity index (χ1) is 14.6. The van der Waals surface area contributed by atoms with E-state index in [0.29, 0.717) is 12.0 Å². The number of benzene rings is 2. The second-order valence-corrected chi connectivity index (χ2v) is 9.56. The van der Waals surface area contributed by atoms with Crippen LogP contribution in [0.4, 0.5) is 5.69 Å². The van der Waals surface area contributed by atoms with Crippen LogP contribution in [0.25, 0.3) is 0 Å². The van der Waals surface area contributed by atoms with Crippen molar-refractivity contribution >= 4 is 23.4 Å². The number of aromatic nitrogens is 3. The number of aryl methyl sites for hydroxylation is 2. The van der Waals surface area contributed by atoms with E-state index in [2.05, 4.69) is 26.1 Å². The molecule has 154 valence electrons. The molecule has 2 aliphatic rings. The van der Waals surface area contributed by atoms with E-state index in [1.165, 1.54) is 37.4 Å². The SMILES string of the molecule is Cc1cc(C)cc(NC(=O)[C@H](Sc2nnc(C3CC3)n2C2CC2)c2ccccc2)c1. The summed E-state index contributed by atoms with van der Waals surface area (Å²) in [6, 6.07) is 16.6. The Balaban J connectivity index is 1.45. The second kappa shape index (κ2) is 7.91. The number of thioether (sulfide) groups is 1. The van der Waals surface area contributed by atoms with Gasteiger partial charge in [0.05, 0.1) is 0 Å². The van der Waals surface area contributed by atoms with Gasteiger partial charge in [0.15, 0.2) is 5.16 Å². The van der Waals surface area contributed by atoms with Crippen molar-refractivity contribution in [2.75, 3.05) is 5.32 Å². The summed E-state index contributed by atoms with van der Waals surface area (Å²) >= 11 is 1.52. The van der Waals surface area contributed by atoms with E-state index in [-0.39, 0.29) is 11.2 Å². The standard InChI is InChI=1S/C24H26N4OS/c1-15-12-16(2)14-19(13-15)25-23(29)21(17-6-4-3-5-7-17)30-24-27-26-22(18-8-9-18)28(24)20-10-11-20/h3-7,12-14,18,20-21H,8-11H2,1-2H3,(H,25,29)/t21-/m1/s1. The van der Waals surface area contributed by atoms with Crippen molar-refractivity contribution in [3.8, 4) is 0 Å². The quantitative estimate of drug-likeness (QED) is 0.509. The Morgan fingerprint density at radius 3 is 2.37 bits per heavy atom. The van der Waals surface area contributed by atoms with E-state index in [4.69, 9.17) is 0 Å². The molecule has 5 nitrogen and oxygen atoms in total. The number of rotatable bonds is 7. The van der Waals surface area contributed by atoms with Crippen molar-refractivity contribution in [3.63, 3.8) is 0 Å².